The highest BCUT2D eigenvalue weighted by Gasteiger charge is 2.09. The average Bonchev–Trinajstić information content (AvgIpc) is 2.09. The van der Waals surface area contributed by atoms with Crippen LogP contribution in [0.25, 0.3) is 0 Å². The van der Waals surface area contributed by atoms with E-state index in [2.05, 4.69) is 27.7 Å². The second kappa shape index (κ2) is 8.28. The van der Waals surface area contributed by atoms with Crippen LogP contribution in [0, 0.1) is 17.8 Å². The lowest BCUT2D eigenvalue weighted by Crippen LogP contribution is -2.09. The van der Waals surface area contributed by atoms with Crippen LogP contribution in [0.3, 0.4) is 0 Å². The van der Waals surface area contributed by atoms with E-state index in [4.69, 9.17) is 0 Å². The van der Waals surface area contributed by atoms with Gasteiger partial charge >= 0.3 is 0 Å². The zero-order valence-electron chi connectivity index (χ0n) is 10.4. The van der Waals surface area contributed by atoms with Gasteiger partial charge in [-0.05, 0) is 30.6 Å². The highest BCUT2D eigenvalue weighted by molar-refractivity contribution is 4.61. The fraction of sp³-hybridized carbons (Fsp3) is 1.00. The topological polar surface area (TPSA) is 20.2 Å². The Labute approximate surface area is 89.9 Å². The first-order chi connectivity index (χ1) is 6.56. The van der Waals surface area contributed by atoms with Crippen LogP contribution in [0.15, 0.2) is 0 Å². The Balaban J connectivity index is 3.43. The Kier molecular flexibility index (Phi) is 8.26. The van der Waals surface area contributed by atoms with E-state index in [1.54, 1.807) is 0 Å². The molecule has 0 saturated carbocycles. The Morgan fingerprint density at radius 3 is 1.86 bits per heavy atom. The summed E-state index contributed by atoms with van der Waals surface area (Å²) in [5.41, 5.74) is 0. The largest absolute Gasteiger partial charge is 0.396 e. The molecule has 0 aliphatic rings. The summed E-state index contributed by atoms with van der Waals surface area (Å²) < 4.78 is 0. The van der Waals surface area contributed by atoms with E-state index in [-0.39, 0.29) is 0 Å². The molecule has 0 heterocycles. The van der Waals surface area contributed by atoms with Gasteiger partial charge in [0.25, 0.3) is 0 Å². The third-order valence-electron chi connectivity index (χ3n) is 2.71. The van der Waals surface area contributed by atoms with Gasteiger partial charge in [0.2, 0.25) is 0 Å². The van der Waals surface area contributed by atoms with Crippen LogP contribution >= 0.6 is 0 Å². The molecule has 1 heteroatoms. The second-order valence-corrected chi connectivity index (χ2v) is 5.36. The maximum absolute atomic E-state index is 9.18. The number of hydrogen-bond acceptors (Lipinski definition) is 1. The van der Waals surface area contributed by atoms with Crippen molar-refractivity contribution in [1.29, 1.82) is 0 Å². The number of aliphatic hydroxyl groups excluding tert-OH is 1. The standard InChI is InChI=1S/C13H28O/c1-11(2)7-5-6-8-13(10-14)9-12(3)4/h11-14H,5-10H2,1-4H3. The number of aliphatic hydroxyl groups is 1. The predicted molar refractivity (Wildman–Crippen MR) is 63.3 cm³/mol. The monoisotopic (exact) mass is 200 g/mol. The van der Waals surface area contributed by atoms with E-state index in [0.717, 1.165) is 11.8 Å². The van der Waals surface area contributed by atoms with Gasteiger partial charge in [-0.3, -0.25) is 0 Å². The molecule has 14 heavy (non-hydrogen) atoms. The summed E-state index contributed by atoms with van der Waals surface area (Å²) in [5, 5.41) is 9.18. The molecule has 0 spiro atoms. The molecule has 0 aromatic carbocycles. The van der Waals surface area contributed by atoms with Crippen molar-refractivity contribution in [2.75, 3.05) is 6.61 Å². The minimum atomic E-state index is 0.375. The molecular weight excluding hydrogens is 172 g/mol. The summed E-state index contributed by atoms with van der Waals surface area (Å²) in [5.74, 6) is 2.09. The lowest BCUT2D eigenvalue weighted by molar-refractivity contribution is 0.194. The molecule has 0 aliphatic heterocycles. The van der Waals surface area contributed by atoms with Gasteiger partial charge in [0, 0.05) is 6.61 Å². The fourth-order valence-electron chi connectivity index (χ4n) is 1.94. The Morgan fingerprint density at radius 1 is 0.857 bits per heavy atom. The molecule has 0 aromatic heterocycles. The molecule has 0 aliphatic carbocycles. The minimum absolute atomic E-state index is 0.375. The molecule has 1 unspecified atom stereocenters. The number of hydrogen-bond donors (Lipinski definition) is 1. The Hall–Kier alpha value is -0.0400. The Bertz CT molecular complexity index is 118. The SMILES string of the molecule is CC(C)CCCCC(CO)CC(C)C. The molecule has 1 nitrogen and oxygen atoms in total. The van der Waals surface area contributed by atoms with Gasteiger partial charge in [-0.25, -0.2) is 0 Å². The van der Waals surface area contributed by atoms with Crippen molar-refractivity contribution >= 4 is 0 Å². The molecule has 0 saturated heterocycles. The normalized spacial score (nSPS) is 13.9. The van der Waals surface area contributed by atoms with Crippen LogP contribution in [0.2, 0.25) is 0 Å². The van der Waals surface area contributed by atoms with Crippen molar-refractivity contribution in [1.82, 2.24) is 0 Å². The summed E-state index contributed by atoms with van der Waals surface area (Å²) in [6.07, 6.45) is 6.34. The van der Waals surface area contributed by atoms with Crippen molar-refractivity contribution in [3.63, 3.8) is 0 Å². The van der Waals surface area contributed by atoms with Crippen LogP contribution in [-0.2, 0) is 0 Å². The zero-order chi connectivity index (χ0) is 11.0. The van der Waals surface area contributed by atoms with E-state index in [1.807, 2.05) is 0 Å². The first kappa shape index (κ1) is 14.0. The molecule has 0 amide bonds. The highest BCUT2D eigenvalue weighted by atomic mass is 16.3. The fourth-order valence-corrected chi connectivity index (χ4v) is 1.94. The van der Waals surface area contributed by atoms with Crippen molar-refractivity contribution in [2.24, 2.45) is 17.8 Å². The summed E-state index contributed by atoms with van der Waals surface area (Å²) in [6, 6.07) is 0. The Morgan fingerprint density at radius 2 is 1.43 bits per heavy atom. The molecule has 0 rings (SSSR count). The quantitative estimate of drug-likeness (QED) is 0.590. The highest BCUT2D eigenvalue weighted by Crippen LogP contribution is 2.19. The van der Waals surface area contributed by atoms with Crippen LogP contribution in [0.5, 0.6) is 0 Å². The van der Waals surface area contributed by atoms with Gasteiger partial charge in [0.05, 0.1) is 0 Å². The van der Waals surface area contributed by atoms with Crippen molar-refractivity contribution in [3.8, 4) is 0 Å². The van der Waals surface area contributed by atoms with Gasteiger partial charge in [0.15, 0.2) is 0 Å². The van der Waals surface area contributed by atoms with E-state index >= 15 is 0 Å². The van der Waals surface area contributed by atoms with Gasteiger partial charge in [-0.2, -0.15) is 0 Å². The van der Waals surface area contributed by atoms with Gasteiger partial charge < -0.3 is 5.11 Å². The van der Waals surface area contributed by atoms with Crippen molar-refractivity contribution < 1.29 is 5.11 Å². The summed E-state index contributed by atoms with van der Waals surface area (Å²) in [6.45, 7) is 9.39. The van der Waals surface area contributed by atoms with Gasteiger partial charge in [-0.15, -0.1) is 0 Å². The summed E-state index contributed by atoms with van der Waals surface area (Å²) in [7, 11) is 0. The molecule has 86 valence electrons. The smallest absolute Gasteiger partial charge is 0.0459 e. The lowest BCUT2D eigenvalue weighted by atomic mass is 9.92. The van der Waals surface area contributed by atoms with Crippen LogP contribution in [-0.4, -0.2) is 11.7 Å². The van der Waals surface area contributed by atoms with Crippen LogP contribution in [0.1, 0.15) is 59.8 Å². The summed E-state index contributed by atoms with van der Waals surface area (Å²) in [4.78, 5) is 0. The second-order valence-electron chi connectivity index (χ2n) is 5.36. The van der Waals surface area contributed by atoms with Crippen LogP contribution in [0.4, 0.5) is 0 Å². The first-order valence-electron chi connectivity index (χ1n) is 6.17. The van der Waals surface area contributed by atoms with E-state index < -0.39 is 0 Å². The first-order valence-corrected chi connectivity index (χ1v) is 6.17. The van der Waals surface area contributed by atoms with Gasteiger partial charge in [0.1, 0.15) is 0 Å². The predicted octanol–water partition coefficient (Wildman–Crippen LogP) is 3.86. The third-order valence-corrected chi connectivity index (χ3v) is 2.71. The van der Waals surface area contributed by atoms with E-state index in [0.29, 0.717) is 12.5 Å². The number of unbranched alkanes of at least 4 members (excludes halogenated alkanes) is 1. The zero-order valence-corrected chi connectivity index (χ0v) is 10.4. The maximum Gasteiger partial charge on any atom is 0.0459 e. The molecule has 0 radical (unpaired) electrons. The van der Waals surface area contributed by atoms with E-state index in [1.165, 1.54) is 32.1 Å². The lowest BCUT2D eigenvalue weighted by Gasteiger charge is -2.16. The number of rotatable bonds is 8. The average molecular weight is 200 g/mol. The molecule has 0 aromatic rings. The molecule has 1 atom stereocenters. The molecule has 1 N–H and O–H groups in total. The maximum atomic E-state index is 9.18. The summed E-state index contributed by atoms with van der Waals surface area (Å²) >= 11 is 0. The molecule has 0 bridgehead atoms. The van der Waals surface area contributed by atoms with Crippen LogP contribution < -0.4 is 0 Å². The molecular formula is C13H28O. The molecule has 0 fully saturated rings. The minimum Gasteiger partial charge on any atom is -0.396 e. The van der Waals surface area contributed by atoms with Crippen molar-refractivity contribution in [2.45, 2.75) is 59.8 Å². The van der Waals surface area contributed by atoms with E-state index in [9.17, 15) is 5.11 Å². The van der Waals surface area contributed by atoms with Gasteiger partial charge in [-0.1, -0.05) is 47.0 Å². The van der Waals surface area contributed by atoms with Crippen molar-refractivity contribution in [3.05, 3.63) is 0 Å². The third kappa shape index (κ3) is 8.55.